The van der Waals surface area contributed by atoms with Gasteiger partial charge in [0, 0.05) is 10.6 Å². The standard InChI is InChI=1S/C13H16ClF2N/c14-12-6-4-11(5-7-12)13(15,16)10-17-8-2-1-3-9-17/h4-7H,1-3,8-10H2. The molecule has 4 heteroatoms. The Hall–Kier alpha value is -0.670. The first-order valence-corrected chi connectivity index (χ1v) is 6.32. The Morgan fingerprint density at radius 2 is 1.65 bits per heavy atom. The van der Waals surface area contributed by atoms with Crippen molar-refractivity contribution in [1.29, 1.82) is 0 Å². The summed E-state index contributed by atoms with van der Waals surface area (Å²) in [6.45, 7) is 1.38. The molecule has 2 rings (SSSR count). The van der Waals surface area contributed by atoms with Crippen molar-refractivity contribution < 1.29 is 8.78 Å². The second-order valence-corrected chi connectivity index (χ2v) is 4.98. The average molecular weight is 260 g/mol. The highest BCUT2D eigenvalue weighted by Crippen LogP contribution is 2.30. The molecular formula is C13H16ClF2N. The van der Waals surface area contributed by atoms with E-state index in [4.69, 9.17) is 11.6 Å². The van der Waals surface area contributed by atoms with Gasteiger partial charge in [0.15, 0.2) is 0 Å². The van der Waals surface area contributed by atoms with E-state index >= 15 is 0 Å². The molecule has 0 atom stereocenters. The lowest BCUT2D eigenvalue weighted by atomic mass is 10.1. The Balaban J connectivity index is 2.04. The second kappa shape index (κ2) is 5.32. The lowest BCUT2D eigenvalue weighted by molar-refractivity contribution is -0.0415. The molecular weight excluding hydrogens is 244 g/mol. The molecule has 0 aromatic heterocycles. The fourth-order valence-corrected chi connectivity index (χ4v) is 2.31. The maximum Gasteiger partial charge on any atom is 0.285 e. The lowest BCUT2D eigenvalue weighted by Gasteiger charge is -2.30. The largest absolute Gasteiger partial charge is 0.297 e. The van der Waals surface area contributed by atoms with E-state index in [2.05, 4.69) is 0 Å². The van der Waals surface area contributed by atoms with Crippen molar-refractivity contribution in [1.82, 2.24) is 4.90 Å². The Labute approximate surface area is 105 Å². The molecule has 1 fully saturated rings. The molecule has 1 nitrogen and oxygen atoms in total. The topological polar surface area (TPSA) is 3.24 Å². The van der Waals surface area contributed by atoms with E-state index in [0.29, 0.717) is 5.02 Å². The quantitative estimate of drug-likeness (QED) is 0.795. The predicted molar refractivity (Wildman–Crippen MR) is 65.6 cm³/mol. The molecule has 1 aliphatic heterocycles. The van der Waals surface area contributed by atoms with E-state index in [1.165, 1.54) is 24.3 Å². The highest BCUT2D eigenvalue weighted by atomic mass is 35.5. The summed E-state index contributed by atoms with van der Waals surface area (Å²) in [6.07, 6.45) is 3.20. The van der Waals surface area contributed by atoms with Crippen molar-refractivity contribution in [2.24, 2.45) is 0 Å². The van der Waals surface area contributed by atoms with Crippen molar-refractivity contribution in [3.05, 3.63) is 34.9 Å². The molecule has 0 amide bonds. The maximum atomic E-state index is 14.0. The van der Waals surface area contributed by atoms with Crippen LogP contribution in [0.15, 0.2) is 24.3 Å². The SMILES string of the molecule is FC(F)(CN1CCCCC1)c1ccc(Cl)cc1. The Kier molecular flexibility index (Phi) is 4.00. The van der Waals surface area contributed by atoms with Crippen LogP contribution >= 0.6 is 11.6 Å². The van der Waals surface area contributed by atoms with Gasteiger partial charge >= 0.3 is 0 Å². The van der Waals surface area contributed by atoms with Crippen LogP contribution in [0.2, 0.25) is 5.02 Å². The zero-order chi connectivity index (χ0) is 12.3. The number of rotatable bonds is 3. The smallest absolute Gasteiger partial charge is 0.285 e. The highest BCUT2D eigenvalue weighted by molar-refractivity contribution is 6.30. The van der Waals surface area contributed by atoms with Crippen molar-refractivity contribution in [3.8, 4) is 0 Å². The van der Waals surface area contributed by atoms with Gasteiger partial charge in [-0.15, -0.1) is 0 Å². The van der Waals surface area contributed by atoms with E-state index in [0.717, 1.165) is 32.4 Å². The summed E-state index contributed by atoms with van der Waals surface area (Å²) in [6, 6.07) is 5.85. The van der Waals surface area contributed by atoms with E-state index in [1.807, 2.05) is 4.90 Å². The molecule has 1 aromatic rings. The van der Waals surface area contributed by atoms with Gasteiger partial charge in [-0.05, 0) is 38.1 Å². The minimum atomic E-state index is -2.79. The summed E-state index contributed by atoms with van der Waals surface area (Å²) < 4.78 is 28.0. The molecule has 0 spiro atoms. The van der Waals surface area contributed by atoms with Gasteiger partial charge in [-0.1, -0.05) is 30.2 Å². The fourth-order valence-electron chi connectivity index (χ4n) is 2.18. The van der Waals surface area contributed by atoms with E-state index in [-0.39, 0.29) is 12.1 Å². The molecule has 0 saturated carbocycles. The average Bonchev–Trinajstić information content (AvgIpc) is 2.30. The summed E-state index contributed by atoms with van der Waals surface area (Å²) >= 11 is 5.70. The molecule has 94 valence electrons. The molecule has 17 heavy (non-hydrogen) atoms. The van der Waals surface area contributed by atoms with Gasteiger partial charge in [-0.3, -0.25) is 4.90 Å². The minimum Gasteiger partial charge on any atom is -0.297 e. The number of likely N-dealkylation sites (tertiary alicyclic amines) is 1. The summed E-state index contributed by atoms with van der Waals surface area (Å²) in [5.74, 6) is -2.79. The van der Waals surface area contributed by atoms with Crippen molar-refractivity contribution in [2.45, 2.75) is 25.2 Å². The maximum absolute atomic E-state index is 14.0. The lowest BCUT2D eigenvalue weighted by Crippen LogP contribution is -2.38. The number of piperidine rings is 1. The molecule has 1 aliphatic rings. The third kappa shape index (κ3) is 3.39. The molecule has 1 heterocycles. The third-order valence-electron chi connectivity index (χ3n) is 3.14. The van der Waals surface area contributed by atoms with Crippen molar-refractivity contribution >= 4 is 11.6 Å². The van der Waals surface area contributed by atoms with Gasteiger partial charge in [0.25, 0.3) is 5.92 Å². The van der Waals surface area contributed by atoms with Gasteiger partial charge in [0.05, 0.1) is 6.54 Å². The minimum absolute atomic E-state index is 0.0486. The fraction of sp³-hybridized carbons (Fsp3) is 0.538. The van der Waals surface area contributed by atoms with Crippen LogP contribution in [0.25, 0.3) is 0 Å². The molecule has 1 saturated heterocycles. The number of nitrogens with zero attached hydrogens (tertiary/aromatic N) is 1. The molecule has 1 aromatic carbocycles. The first-order chi connectivity index (χ1) is 8.08. The molecule has 0 radical (unpaired) electrons. The van der Waals surface area contributed by atoms with Crippen LogP contribution in [0, 0.1) is 0 Å². The third-order valence-corrected chi connectivity index (χ3v) is 3.39. The number of halogens is 3. The Morgan fingerprint density at radius 3 is 2.24 bits per heavy atom. The zero-order valence-corrected chi connectivity index (χ0v) is 10.4. The van der Waals surface area contributed by atoms with Crippen LogP contribution in [0.5, 0.6) is 0 Å². The molecule has 0 unspecified atom stereocenters. The number of benzene rings is 1. The van der Waals surface area contributed by atoms with Crippen LogP contribution in [-0.2, 0) is 5.92 Å². The molecule has 0 aliphatic carbocycles. The molecule has 0 bridgehead atoms. The van der Waals surface area contributed by atoms with Crippen LogP contribution in [0.3, 0.4) is 0 Å². The van der Waals surface area contributed by atoms with Crippen LogP contribution < -0.4 is 0 Å². The highest BCUT2D eigenvalue weighted by Gasteiger charge is 2.34. The first kappa shape index (κ1) is 12.8. The first-order valence-electron chi connectivity index (χ1n) is 5.94. The van der Waals surface area contributed by atoms with Crippen LogP contribution in [-0.4, -0.2) is 24.5 Å². The number of alkyl halides is 2. The summed E-state index contributed by atoms with van der Waals surface area (Å²) in [5, 5.41) is 0.488. The monoisotopic (exact) mass is 259 g/mol. The Bertz CT molecular complexity index is 358. The normalized spacial score (nSPS) is 18.3. The van der Waals surface area contributed by atoms with Gasteiger partial charge in [0.2, 0.25) is 0 Å². The van der Waals surface area contributed by atoms with E-state index in [1.54, 1.807) is 0 Å². The van der Waals surface area contributed by atoms with Gasteiger partial charge < -0.3 is 0 Å². The van der Waals surface area contributed by atoms with E-state index in [9.17, 15) is 8.78 Å². The van der Waals surface area contributed by atoms with Gasteiger partial charge in [0.1, 0.15) is 0 Å². The second-order valence-electron chi connectivity index (χ2n) is 4.55. The van der Waals surface area contributed by atoms with Crippen molar-refractivity contribution in [3.63, 3.8) is 0 Å². The van der Waals surface area contributed by atoms with Gasteiger partial charge in [-0.25, -0.2) is 0 Å². The van der Waals surface area contributed by atoms with E-state index < -0.39 is 5.92 Å². The summed E-state index contributed by atoms with van der Waals surface area (Å²) in [4.78, 5) is 1.85. The zero-order valence-electron chi connectivity index (χ0n) is 9.63. The van der Waals surface area contributed by atoms with Crippen molar-refractivity contribution in [2.75, 3.05) is 19.6 Å². The predicted octanol–water partition coefficient (Wildman–Crippen LogP) is 3.92. The summed E-state index contributed by atoms with van der Waals surface area (Å²) in [7, 11) is 0. The van der Waals surface area contributed by atoms with Crippen LogP contribution in [0.4, 0.5) is 8.78 Å². The van der Waals surface area contributed by atoms with Crippen LogP contribution in [0.1, 0.15) is 24.8 Å². The Morgan fingerprint density at radius 1 is 1.06 bits per heavy atom. The number of hydrogen-bond donors (Lipinski definition) is 0. The number of hydrogen-bond acceptors (Lipinski definition) is 1. The molecule has 0 N–H and O–H groups in total. The summed E-state index contributed by atoms with van der Waals surface area (Å²) in [5.41, 5.74) is 0.0486. The van der Waals surface area contributed by atoms with Gasteiger partial charge in [-0.2, -0.15) is 8.78 Å².